The van der Waals surface area contributed by atoms with Gasteiger partial charge in [0.05, 0.1) is 6.61 Å². The fourth-order valence-corrected chi connectivity index (χ4v) is 3.70. The summed E-state index contributed by atoms with van der Waals surface area (Å²) in [6.07, 6.45) is 36.1. The van der Waals surface area contributed by atoms with Crippen molar-refractivity contribution in [2.45, 2.75) is 97.0 Å². The molecule has 0 aliphatic heterocycles. The molecule has 236 valence electrons. The molecule has 0 amide bonds. The molecule has 0 radical (unpaired) electrons. The average molecular weight is 607 g/mol. The number of hydrogen-bond donors (Lipinski definition) is 2. The largest absolute Gasteiger partial charge is 0.469 e. The number of phosphoric acid groups is 1. The molecule has 0 aliphatic rings. The summed E-state index contributed by atoms with van der Waals surface area (Å²) < 4.78 is 26.0. The van der Waals surface area contributed by atoms with Crippen molar-refractivity contribution in [3.05, 3.63) is 85.1 Å². The lowest BCUT2D eigenvalue weighted by Gasteiger charge is -2.18. The van der Waals surface area contributed by atoms with Gasteiger partial charge < -0.3 is 19.3 Å². The van der Waals surface area contributed by atoms with Gasteiger partial charge in [0.15, 0.2) is 6.10 Å². The summed E-state index contributed by atoms with van der Waals surface area (Å²) in [4.78, 5) is 42.3. The lowest BCUT2D eigenvalue weighted by Crippen LogP contribution is -2.29. The number of esters is 2. The molecule has 1 unspecified atom stereocenters. The van der Waals surface area contributed by atoms with Gasteiger partial charge in [-0.15, -0.1) is 0 Å². The van der Waals surface area contributed by atoms with Crippen LogP contribution in [-0.2, 0) is 28.2 Å². The maximum absolute atomic E-state index is 12.2. The highest BCUT2D eigenvalue weighted by molar-refractivity contribution is 7.46. The Morgan fingerprint density at radius 3 is 1.88 bits per heavy atom. The van der Waals surface area contributed by atoms with E-state index >= 15 is 0 Å². The Morgan fingerprint density at radius 1 is 0.643 bits per heavy atom. The lowest BCUT2D eigenvalue weighted by molar-refractivity contribution is -0.161. The molecule has 0 aromatic heterocycles. The number of carbonyl (C=O) groups excluding carboxylic acids is 2. The van der Waals surface area contributed by atoms with Crippen molar-refractivity contribution in [2.24, 2.45) is 0 Å². The molecule has 0 spiro atoms. The van der Waals surface area contributed by atoms with Gasteiger partial charge in [-0.05, 0) is 57.8 Å². The predicted molar refractivity (Wildman–Crippen MR) is 170 cm³/mol. The van der Waals surface area contributed by atoms with Gasteiger partial charge in [-0.2, -0.15) is 0 Å². The zero-order chi connectivity index (χ0) is 31.2. The van der Waals surface area contributed by atoms with Crippen molar-refractivity contribution in [3.8, 4) is 0 Å². The van der Waals surface area contributed by atoms with Gasteiger partial charge >= 0.3 is 19.8 Å². The minimum atomic E-state index is -4.77. The fourth-order valence-electron chi connectivity index (χ4n) is 3.34. The van der Waals surface area contributed by atoms with Crippen LogP contribution in [0.25, 0.3) is 0 Å². The molecule has 0 bridgehead atoms. The Labute approximate surface area is 252 Å². The number of hydrogen-bond acceptors (Lipinski definition) is 6. The van der Waals surface area contributed by atoms with Crippen LogP contribution in [0.15, 0.2) is 85.1 Å². The first-order valence-electron chi connectivity index (χ1n) is 14.9. The smallest absolute Gasteiger partial charge is 0.462 e. The third kappa shape index (κ3) is 30.2. The van der Waals surface area contributed by atoms with E-state index in [0.717, 1.165) is 51.4 Å². The Morgan fingerprint density at radius 2 is 1.21 bits per heavy atom. The molecule has 0 saturated carbocycles. The van der Waals surface area contributed by atoms with Gasteiger partial charge in [0.2, 0.25) is 0 Å². The predicted octanol–water partition coefficient (Wildman–Crippen LogP) is 8.17. The number of carbonyl (C=O) groups is 2. The summed E-state index contributed by atoms with van der Waals surface area (Å²) in [7, 11) is -4.77. The Bertz CT molecular complexity index is 953. The summed E-state index contributed by atoms with van der Waals surface area (Å²) >= 11 is 0. The molecule has 0 heterocycles. The molecule has 0 aromatic rings. The Kier molecular flexibility index (Phi) is 26.5. The van der Waals surface area contributed by atoms with Crippen LogP contribution < -0.4 is 0 Å². The number of allylic oxidation sites excluding steroid dienone is 14. The molecule has 2 N–H and O–H groups in total. The molecule has 8 nitrogen and oxygen atoms in total. The number of rotatable bonds is 25. The van der Waals surface area contributed by atoms with Gasteiger partial charge in [-0.25, -0.2) is 4.57 Å². The van der Waals surface area contributed by atoms with Crippen LogP contribution in [0.4, 0.5) is 0 Å². The maximum Gasteiger partial charge on any atom is 0.469 e. The van der Waals surface area contributed by atoms with E-state index in [2.05, 4.69) is 54.8 Å². The molecular formula is C33H51O8P. The second kappa shape index (κ2) is 28.4. The minimum Gasteiger partial charge on any atom is -0.462 e. The Hall–Kier alpha value is -2.77. The number of unbranched alkanes of at least 4 members (excludes halogenated alkanes) is 4. The van der Waals surface area contributed by atoms with Gasteiger partial charge in [-0.1, -0.05) is 105 Å². The first kappa shape index (κ1) is 39.2. The van der Waals surface area contributed by atoms with Crippen LogP contribution in [0, 0.1) is 0 Å². The lowest BCUT2D eigenvalue weighted by atomic mass is 10.1. The normalized spacial score (nSPS) is 13.7. The van der Waals surface area contributed by atoms with E-state index in [9.17, 15) is 14.2 Å². The summed E-state index contributed by atoms with van der Waals surface area (Å²) in [6.45, 7) is 3.28. The van der Waals surface area contributed by atoms with E-state index in [0.29, 0.717) is 12.8 Å². The van der Waals surface area contributed by atoms with Crippen LogP contribution in [0.3, 0.4) is 0 Å². The van der Waals surface area contributed by atoms with Crippen molar-refractivity contribution in [1.29, 1.82) is 0 Å². The van der Waals surface area contributed by atoms with Gasteiger partial charge in [0.25, 0.3) is 0 Å². The number of phosphoric ester groups is 1. The maximum atomic E-state index is 12.2. The van der Waals surface area contributed by atoms with E-state index in [1.54, 1.807) is 0 Å². The third-order valence-electron chi connectivity index (χ3n) is 5.50. The van der Waals surface area contributed by atoms with Crippen molar-refractivity contribution in [3.63, 3.8) is 0 Å². The molecule has 0 aliphatic carbocycles. The van der Waals surface area contributed by atoms with Crippen LogP contribution >= 0.6 is 7.82 Å². The molecule has 0 fully saturated rings. The topological polar surface area (TPSA) is 119 Å². The molecule has 1 atom stereocenters. The highest BCUT2D eigenvalue weighted by atomic mass is 31.2. The van der Waals surface area contributed by atoms with E-state index in [1.807, 2.05) is 48.6 Å². The van der Waals surface area contributed by atoms with Gasteiger partial charge in [0, 0.05) is 12.8 Å². The Balaban J connectivity index is 4.26. The highest BCUT2D eigenvalue weighted by Crippen LogP contribution is 2.35. The SMILES string of the molecule is CC/C=C/C=C/C=C/C=C/CCCCCC(=O)OC(COC(=O)CCC/C=C/C/C=C/C/C=C/CC)COP(=O)(O)O. The summed E-state index contributed by atoms with van der Waals surface area (Å²) in [5, 5.41) is 0. The molecule has 0 rings (SSSR count). The average Bonchev–Trinajstić information content (AvgIpc) is 2.95. The molecule has 42 heavy (non-hydrogen) atoms. The second-order valence-corrected chi connectivity index (χ2v) is 10.6. The van der Waals surface area contributed by atoms with Crippen LogP contribution in [0.1, 0.15) is 90.9 Å². The summed E-state index contributed by atoms with van der Waals surface area (Å²) in [5.41, 5.74) is 0. The quantitative estimate of drug-likeness (QED) is 0.0351. The molecule has 9 heteroatoms. The van der Waals surface area contributed by atoms with Crippen LogP contribution in [0.2, 0.25) is 0 Å². The van der Waals surface area contributed by atoms with Crippen LogP contribution in [0.5, 0.6) is 0 Å². The van der Waals surface area contributed by atoms with Crippen molar-refractivity contribution < 1.29 is 37.9 Å². The van der Waals surface area contributed by atoms with E-state index in [1.165, 1.54) is 0 Å². The van der Waals surface area contributed by atoms with Crippen LogP contribution in [-0.4, -0.2) is 41.0 Å². The first-order valence-corrected chi connectivity index (χ1v) is 16.5. The summed E-state index contributed by atoms with van der Waals surface area (Å²) in [6, 6.07) is 0. The minimum absolute atomic E-state index is 0.150. The van der Waals surface area contributed by atoms with E-state index < -0.39 is 32.5 Å². The van der Waals surface area contributed by atoms with Crippen molar-refractivity contribution in [1.82, 2.24) is 0 Å². The molecular weight excluding hydrogens is 555 g/mol. The molecule has 0 saturated heterocycles. The fraction of sp³-hybridized carbons (Fsp3) is 0.515. The third-order valence-corrected chi connectivity index (χ3v) is 5.99. The van der Waals surface area contributed by atoms with Crippen molar-refractivity contribution in [2.75, 3.05) is 13.2 Å². The highest BCUT2D eigenvalue weighted by Gasteiger charge is 2.22. The standard InChI is InChI=1S/C33H51O8P/c1-3-5-7-9-11-13-15-16-18-20-22-24-26-28-33(35)41-31(30-40-42(36,37)38)29-39-32(34)27-25-23-21-19-17-14-12-10-8-6-4-2/h5-9,11-16,18-19,21,31H,3-4,10,17,20,22-30H2,1-2H3,(H2,36,37,38)/b7-5+,8-6+,11-9+,14-12+,15-13+,18-16+,21-19+. The van der Waals surface area contributed by atoms with Gasteiger partial charge in [0.1, 0.15) is 6.61 Å². The first-order chi connectivity index (χ1) is 20.3. The van der Waals surface area contributed by atoms with E-state index in [4.69, 9.17) is 19.3 Å². The monoisotopic (exact) mass is 606 g/mol. The van der Waals surface area contributed by atoms with Gasteiger partial charge in [-0.3, -0.25) is 14.1 Å². The zero-order valence-electron chi connectivity index (χ0n) is 25.4. The zero-order valence-corrected chi connectivity index (χ0v) is 26.2. The molecule has 0 aromatic carbocycles. The van der Waals surface area contributed by atoms with Crippen molar-refractivity contribution >= 4 is 19.8 Å². The number of ether oxygens (including phenoxy) is 2. The summed E-state index contributed by atoms with van der Waals surface area (Å²) in [5.74, 6) is -1.01. The second-order valence-electron chi connectivity index (χ2n) is 9.40. The van der Waals surface area contributed by atoms with E-state index in [-0.39, 0.29) is 19.4 Å².